The fraction of sp³-hybridized carbons (Fsp3) is 0.308. The second-order valence-electron chi connectivity index (χ2n) is 4.03. The van der Waals surface area contributed by atoms with Gasteiger partial charge in [-0.05, 0) is 30.9 Å². The van der Waals surface area contributed by atoms with E-state index in [1.807, 2.05) is 25.3 Å². The molecule has 0 bridgehead atoms. The number of carboxylic acid groups (broad SMARTS) is 1. The number of aryl methyl sites for hydroxylation is 1. The molecule has 0 fully saturated rings. The van der Waals surface area contributed by atoms with Crippen LogP contribution in [0, 0.1) is 6.92 Å². The molecule has 2 amide bonds. The lowest BCUT2D eigenvalue weighted by molar-refractivity contribution is -0.137. The Morgan fingerprint density at radius 3 is 2.50 bits per heavy atom. The Balaban J connectivity index is 2.58. The van der Waals surface area contributed by atoms with Crippen molar-refractivity contribution in [1.82, 2.24) is 10.6 Å². The van der Waals surface area contributed by atoms with E-state index in [0.717, 1.165) is 10.5 Å². The van der Waals surface area contributed by atoms with Gasteiger partial charge in [-0.1, -0.05) is 6.07 Å². The lowest BCUT2D eigenvalue weighted by Gasteiger charge is -2.09. The van der Waals surface area contributed by atoms with Crippen LogP contribution in [-0.4, -0.2) is 42.2 Å². The fourth-order valence-electron chi connectivity index (χ4n) is 1.47. The number of hydrogen-bond donors (Lipinski definition) is 3. The van der Waals surface area contributed by atoms with Crippen LogP contribution in [0.25, 0.3) is 0 Å². The largest absolute Gasteiger partial charge is 0.480 e. The molecule has 0 saturated carbocycles. The molecule has 1 aromatic carbocycles. The topological polar surface area (TPSA) is 95.5 Å². The summed E-state index contributed by atoms with van der Waals surface area (Å²) in [4.78, 5) is 34.5. The van der Waals surface area contributed by atoms with Crippen molar-refractivity contribution in [2.24, 2.45) is 0 Å². The van der Waals surface area contributed by atoms with Crippen molar-refractivity contribution in [1.29, 1.82) is 0 Å². The molecule has 3 N–H and O–H groups in total. The molecule has 0 spiro atoms. The Morgan fingerprint density at radius 2 is 1.90 bits per heavy atom. The summed E-state index contributed by atoms with van der Waals surface area (Å²) in [6, 6.07) is 5.51. The first-order chi connectivity index (χ1) is 9.43. The summed E-state index contributed by atoms with van der Waals surface area (Å²) in [5, 5.41) is 13.0. The van der Waals surface area contributed by atoms with Crippen LogP contribution in [0.15, 0.2) is 23.1 Å². The van der Waals surface area contributed by atoms with Crippen LogP contribution in [0.3, 0.4) is 0 Å². The maximum Gasteiger partial charge on any atom is 0.322 e. The molecule has 0 radical (unpaired) electrons. The Labute approximate surface area is 120 Å². The van der Waals surface area contributed by atoms with Crippen LogP contribution in [-0.2, 0) is 9.59 Å². The molecule has 1 rings (SSSR count). The van der Waals surface area contributed by atoms with E-state index < -0.39 is 18.4 Å². The fourth-order valence-corrected chi connectivity index (χ4v) is 1.91. The van der Waals surface area contributed by atoms with Crippen LogP contribution in [0.5, 0.6) is 0 Å². The van der Waals surface area contributed by atoms with E-state index in [-0.39, 0.29) is 12.5 Å². The molecule has 0 unspecified atom stereocenters. The molecule has 0 aromatic heterocycles. The number of carbonyl (C=O) groups excluding carboxylic acids is 2. The van der Waals surface area contributed by atoms with Crippen molar-refractivity contribution in [3.63, 3.8) is 0 Å². The van der Waals surface area contributed by atoms with Crippen LogP contribution in [0.1, 0.15) is 15.9 Å². The molecule has 0 atom stereocenters. The van der Waals surface area contributed by atoms with E-state index in [9.17, 15) is 14.4 Å². The first kappa shape index (κ1) is 16.0. The summed E-state index contributed by atoms with van der Waals surface area (Å²) >= 11 is 1.52. The van der Waals surface area contributed by atoms with Gasteiger partial charge in [0, 0.05) is 10.5 Å². The highest BCUT2D eigenvalue weighted by Gasteiger charge is 2.11. The zero-order valence-electron chi connectivity index (χ0n) is 11.2. The quantitative estimate of drug-likeness (QED) is 0.670. The number of hydrogen-bond acceptors (Lipinski definition) is 4. The van der Waals surface area contributed by atoms with Crippen LogP contribution < -0.4 is 10.6 Å². The molecule has 1 aromatic rings. The lowest BCUT2D eigenvalue weighted by atomic mass is 10.1. The number of benzene rings is 1. The first-order valence-corrected chi connectivity index (χ1v) is 7.08. The van der Waals surface area contributed by atoms with Crippen LogP contribution in [0.4, 0.5) is 0 Å². The summed E-state index contributed by atoms with van der Waals surface area (Å²) in [6.45, 7) is 1.09. The number of carbonyl (C=O) groups is 3. The SMILES string of the molecule is CSc1ccc(C)c(C(=O)NCC(=O)NCC(=O)O)c1. The third-order valence-corrected chi connectivity index (χ3v) is 3.26. The minimum atomic E-state index is -1.13. The van der Waals surface area contributed by atoms with Crippen molar-refractivity contribution in [2.75, 3.05) is 19.3 Å². The predicted octanol–water partition coefficient (Wildman–Crippen LogP) is 0.648. The Bertz CT molecular complexity index is 531. The van der Waals surface area contributed by atoms with Crippen LogP contribution in [0.2, 0.25) is 0 Å². The molecule has 0 aliphatic rings. The van der Waals surface area contributed by atoms with Gasteiger partial charge in [0.1, 0.15) is 6.54 Å². The molecule has 7 heteroatoms. The van der Waals surface area contributed by atoms with Crippen molar-refractivity contribution >= 4 is 29.5 Å². The number of amides is 2. The standard InChI is InChI=1S/C13H16N2O4S/c1-8-3-4-9(20-2)5-10(8)13(19)15-6-11(16)14-7-12(17)18/h3-5H,6-7H2,1-2H3,(H,14,16)(H,15,19)(H,17,18). The number of nitrogens with one attached hydrogen (secondary N) is 2. The monoisotopic (exact) mass is 296 g/mol. The number of carboxylic acids is 1. The number of aliphatic carboxylic acids is 1. The summed E-state index contributed by atoms with van der Waals surface area (Å²) in [7, 11) is 0. The van der Waals surface area contributed by atoms with Gasteiger partial charge in [-0.2, -0.15) is 0 Å². The van der Waals surface area contributed by atoms with Crippen molar-refractivity contribution < 1.29 is 19.5 Å². The molecule has 0 aliphatic heterocycles. The Kier molecular flexibility index (Phi) is 6.05. The van der Waals surface area contributed by atoms with Gasteiger partial charge < -0.3 is 15.7 Å². The average molecular weight is 296 g/mol. The minimum Gasteiger partial charge on any atom is -0.480 e. The van der Waals surface area contributed by atoms with Gasteiger partial charge in [-0.15, -0.1) is 11.8 Å². The van der Waals surface area contributed by atoms with Gasteiger partial charge in [-0.25, -0.2) is 0 Å². The highest BCUT2D eigenvalue weighted by Crippen LogP contribution is 2.18. The second kappa shape index (κ2) is 7.54. The summed E-state index contributed by atoms with van der Waals surface area (Å²) in [6.07, 6.45) is 1.91. The summed E-state index contributed by atoms with van der Waals surface area (Å²) < 4.78 is 0. The van der Waals surface area contributed by atoms with Crippen molar-refractivity contribution in [3.8, 4) is 0 Å². The molecule has 0 aliphatic carbocycles. The smallest absolute Gasteiger partial charge is 0.322 e. The van der Waals surface area contributed by atoms with Gasteiger partial charge in [0.05, 0.1) is 6.54 Å². The molecular weight excluding hydrogens is 280 g/mol. The summed E-state index contributed by atoms with van der Waals surface area (Å²) in [5.41, 5.74) is 1.31. The van der Waals surface area contributed by atoms with E-state index >= 15 is 0 Å². The number of rotatable bonds is 6. The van der Waals surface area contributed by atoms with Gasteiger partial charge in [0.25, 0.3) is 5.91 Å². The third-order valence-electron chi connectivity index (χ3n) is 2.54. The molecule has 20 heavy (non-hydrogen) atoms. The summed E-state index contributed by atoms with van der Waals surface area (Å²) in [5.74, 6) is -2.03. The lowest BCUT2D eigenvalue weighted by Crippen LogP contribution is -2.39. The Morgan fingerprint density at radius 1 is 1.20 bits per heavy atom. The van der Waals surface area contributed by atoms with E-state index in [2.05, 4.69) is 10.6 Å². The maximum atomic E-state index is 12.0. The second-order valence-corrected chi connectivity index (χ2v) is 4.91. The minimum absolute atomic E-state index is 0.255. The normalized spacial score (nSPS) is 9.90. The van der Waals surface area contributed by atoms with Gasteiger partial charge in [0.2, 0.25) is 5.91 Å². The molecule has 6 nitrogen and oxygen atoms in total. The van der Waals surface area contributed by atoms with E-state index in [1.54, 1.807) is 6.07 Å². The van der Waals surface area contributed by atoms with Gasteiger partial charge in [0.15, 0.2) is 0 Å². The molecule has 0 saturated heterocycles. The highest BCUT2D eigenvalue weighted by atomic mass is 32.2. The number of thioether (sulfide) groups is 1. The van der Waals surface area contributed by atoms with E-state index in [1.165, 1.54) is 11.8 Å². The van der Waals surface area contributed by atoms with Crippen LogP contribution >= 0.6 is 11.8 Å². The Hall–Kier alpha value is -2.02. The zero-order chi connectivity index (χ0) is 15.1. The van der Waals surface area contributed by atoms with Gasteiger partial charge >= 0.3 is 5.97 Å². The third kappa shape index (κ3) is 4.93. The average Bonchev–Trinajstić information content (AvgIpc) is 2.43. The van der Waals surface area contributed by atoms with Crippen molar-refractivity contribution in [3.05, 3.63) is 29.3 Å². The van der Waals surface area contributed by atoms with E-state index in [4.69, 9.17) is 5.11 Å². The molecular formula is C13H16N2O4S. The van der Waals surface area contributed by atoms with Gasteiger partial charge in [-0.3, -0.25) is 14.4 Å². The predicted molar refractivity (Wildman–Crippen MR) is 75.9 cm³/mol. The highest BCUT2D eigenvalue weighted by molar-refractivity contribution is 7.98. The maximum absolute atomic E-state index is 12.0. The van der Waals surface area contributed by atoms with E-state index in [0.29, 0.717) is 5.56 Å². The first-order valence-electron chi connectivity index (χ1n) is 5.85. The molecule has 108 valence electrons. The van der Waals surface area contributed by atoms with Crippen molar-refractivity contribution in [2.45, 2.75) is 11.8 Å². The molecule has 0 heterocycles. The zero-order valence-corrected chi connectivity index (χ0v) is 12.0.